The Kier molecular flexibility index (Phi) is 5.97. The number of aromatic nitrogens is 1. The molecule has 2 aromatic carbocycles. The first kappa shape index (κ1) is 19.9. The van der Waals surface area contributed by atoms with Crippen molar-refractivity contribution in [3.8, 4) is 17.0 Å². The third-order valence-corrected chi connectivity index (χ3v) is 4.40. The highest BCUT2D eigenvalue weighted by Gasteiger charge is 2.30. The number of ether oxygens (including phenoxy) is 1. The summed E-state index contributed by atoms with van der Waals surface area (Å²) in [5, 5.41) is 0.787. The zero-order valence-corrected chi connectivity index (χ0v) is 15.4. The fraction of sp³-hybridized carbons (Fsp3) is 0.273. The van der Waals surface area contributed by atoms with Crippen LogP contribution in [0.5, 0.6) is 5.75 Å². The first-order valence-electron chi connectivity index (χ1n) is 9.16. The monoisotopic (exact) mass is 387 g/mol. The summed E-state index contributed by atoms with van der Waals surface area (Å²) < 4.78 is 43.7. The van der Waals surface area contributed by atoms with E-state index in [1.807, 2.05) is 12.1 Å². The second kappa shape index (κ2) is 8.42. The Morgan fingerprint density at radius 1 is 1.00 bits per heavy atom. The van der Waals surface area contributed by atoms with E-state index in [0.29, 0.717) is 28.9 Å². The molecule has 0 aliphatic heterocycles. The van der Waals surface area contributed by atoms with Crippen LogP contribution in [0.15, 0.2) is 54.6 Å². The average molecular weight is 387 g/mol. The number of unbranched alkanes of at least 4 members (excludes halogenated alkanes) is 2. The lowest BCUT2D eigenvalue weighted by Crippen LogP contribution is -2.08. The van der Waals surface area contributed by atoms with Crippen molar-refractivity contribution < 1.29 is 22.7 Å². The molecule has 0 spiro atoms. The van der Waals surface area contributed by atoms with Crippen molar-refractivity contribution in [1.82, 2.24) is 4.98 Å². The fourth-order valence-corrected chi connectivity index (χ4v) is 2.89. The Balaban J connectivity index is 1.89. The number of nitrogens with zero attached hydrogens (tertiary/aromatic N) is 1. The van der Waals surface area contributed by atoms with Gasteiger partial charge in [-0.15, -0.1) is 0 Å². The van der Waals surface area contributed by atoms with Crippen LogP contribution in [0.3, 0.4) is 0 Å². The van der Waals surface area contributed by atoms with Crippen LogP contribution in [-0.2, 0) is 11.0 Å². The van der Waals surface area contributed by atoms with Crippen LogP contribution in [0.1, 0.15) is 38.2 Å². The van der Waals surface area contributed by atoms with Crippen molar-refractivity contribution in [3.63, 3.8) is 0 Å². The van der Waals surface area contributed by atoms with E-state index >= 15 is 0 Å². The molecule has 0 aliphatic rings. The number of rotatable bonds is 6. The minimum atomic E-state index is -4.38. The van der Waals surface area contributed by atoms with Crippen LogP contribution in [0, 0.1) is 0 Å². The van der Waals surface area contributed by atoms with Crippen LogP contribution in [0.25, 0.3) is 22.2 Å². The summed E-state index contributed by atoms with van der Waals surface area (Å²) in [6.07, 6.45) is -1.30. The van der Waals surface area contributed by atoms with Crippen LogP contribution in [0.4, 0.5) is 13.2 Å². The number of esters is 1. The van der Waals surface area contributed by atoms with Crippen molar-refractivity contribution in [2.24, 2.45) is 0 Å². The number of carbonyl (C=O) groups is 1. The van der Waals surface area contributed by atoms with Crippen molar-refractivity contribution in [2.45, 2.75) is 38.8 Å². The zero-order chi connectivity index (χ0) is 20.1. The second-order valence-electron chi connectivity index (χ2n) is 6.53. The Morgan fingerprint density at radius 2 is 1.75 bits per heavy atom. The maximum atomic E-state index is 12.8. The normalized spacial score (nSPS) is 11.6. The summed E-state index contributed by atoms with van der Waals surface area (Å²) in [6, 6.07) is 13.7. The van der Waals surface area contributed by atoms with Crippen LogP contribution in [0.2, 0.25) is 0 Å². The molecule has 3 aromatic rings. The van der Waals surface area contributed by atoms with Crippen LogP contribution >= 0.6 is 0 Å². The van der Waals surface area contributed by atoms with Crippen molar-refractivity contribution in [2.75, 3.05) is 0 Å². The molecule has 1 heterocycles. The molecular weight excluding hydrogens is 367 g/mol. The maximum Gasteiger partial charge on any atom is 0.416 e. The second-order valence-corrected chi connectivity index (χ2v) is 6.53. The minimum Gasteiger partial charge on any atom is -0.424 e. The van der Waals surface area contributed by atoms with Crippen LogP contribution in [-0.4, -0.2) is 11.0 Å². The van der Waals surface area contributed by atoms with Crippen molar-refractivity contribution in [3.05, 3.63) is 60.2 Å². The van der Waals surface area contributed by atoms with Gasteiger partial charge in [-0.2, -0.15) is 13.2 Å². The fourth-order valence-electron chi connectivity index (χ4n) is 2.89. The lowest BCUT2D eigenvalue weighted by atomic mass is 10.1. The largest absolute Gasteiger partial charge is 0.424 e. The van der Waals surface area contributed by atoms with E-state index < -0.39 is 11.7 Å². The molecular formula is C22H20F3NO2. The minimum absolute atomic E-state index is 0.317. The van der Waals surface area contributed by atoms with E-state index in [-0.39, 0.29) is 5.97 Å². The van der Waals surface area contributed by atoms with Gasteiger partial charge in [0.1, 0.15) is 5.52 Å². The van der Waals surface area contributed by atoms with E-state index in [2.05, 4.69) is 11.9 Å². The number of carbonyl (C=O) groups excluding carboxylic acids is 1. The molecule has 0 atom stereocenters. The molecule has 0 bridgehead atoms. The summed E-state index contributed by atoms with van der Waals surface area (Å²) in [5.74, 6) is 0.0374. The highest BCUT2D eigenvalue weighted by molar-refractivity contribution is 5.89. The molecule has 3 nitrogen and oxygen atoms in total. The molecule has 146 valence electrons. The molecule has 0 aliphatic carbocycles. The van der Waals surface area contributed by atoms with E-state index in [0.717, 1.165) is 36.8 Å². The van der Waals surface area contributed by atoms with Gasteiger partial charge in [0.05, 0.1) is 11.3 Å². The number of hydrogen-bond donors (Lipinski definition) is 0. The smallest absolute Gasteiger partial charge is 0.416 e. The zero-order valence-electron chi connectivity index (χ0n) is 15.4. The van der Waals surface area contributed by atoms with Gasteiger partial charge in [-0.25, -0.2) is 4.98 Å². The van der Waals surface area contributed by atoms with Gasteiger partial charge in [-0.05, 0) is 30.7 Å². The molecule has 0 saturated heterocycles. The number of halogens is 3. The van der Waals surface area contributed by atoms with Crippen LogP contribution < -0.4 is 4.74 Å². The van der Waals surface area contributed by atoms with Gasteiger partial charge in [-0.1, -0.05) is 50.1 Å². The number of alkyl halides is 3. The molecule has 0 amide bonds. The highest BCUT2D eigenvalue weighted by atomic mass is 19.4. The standard InChI is InChI=1S/C22H20F3NO2/c1-2-3-4-8-20(27)28-19-7-5-6-16-11-14-18(26-21(16)19)15-9-12-17(13-10-15)22(23,24)25/h5-7,9-14H,2-4,8H2,1H3. The number of pyridine rings is 1. The Hall–Kier alpha value is -2.89. The first-order chi connectivity index (χ1) is 13.4. The first-order valence-corrected chi connectivity index (χ1v) is 9.16. The third-order valence-electron chi connectivity index (χ3n) is 4.40. The predicted molar refractivity (Wildman–Crippen MR) is 102 cm³/mol. The molecule has 3 rings (SSSR count). The summed E-state index contributed by atoms with van der Waals surface area (Å²) in [6.45, 7) is 2.06. The van der Waals surface area contributed by atoms with Crippen molar-refractivity contribution >= 4 is 16.9 Å². The van der Waals surface area contributed by atoms with E-state index in [1.165, 1.54) is 12.1 Å². The van der Waals surface area contributed by atoms with Gasteiger partial charge in [0, 0.05) is 17.4 Å². The molecule has 1 aromatic heterocycles. The highest BCUT2D eigenvalue weighted by Crippen LogP contribution is 2.32. The number of benzene rings is 2. The summed E-state index contributed by atoms with van der Waals surface area (Å²) >= 11 is 0. The SMILES string of the molecule is CCCCCC(=O)Oc1cccc2ccc(-c3ccc(C(F)(F)F)cc3)nc12. The number of hydrogen-bond acceptors (Lipinski definition) is 3. The number of fused-ring (bicyclic) bond motifs is 1. The molecule has 0 fully saturated rings. The van der Waals surface area contributed by atoms with E-state index in [4.69, 9.17) is 4.74 Å². The van der Waals surface area contributed by atoms with Gasteiger partial charge >= 0.3 is 12.1 Å². The van der Waals surface area contributed by atoms with E-state index in [9.17, 15) is 18.0 Å². The predicted octanol–water partition coefficient (Wildman–Crippen LogP) is 6.41. The van der Waals surface area contributed by atoms with Gasteiger partial charge in [-0.3, -0.25) is 4.79 Å². The van der Waals surface area contributed by atoms with Gasteiger partial charge < -0.3 is 4.74 Å². The summed E-state index contributed by atoms with van der Waals surface area (Å²) in [5.41, 5.74) is 0.858. The van der Waals surface area contributed by atoms with Gasteiger partial charge in [0.25, 0.3) is 0 Å². The Bertz CT molecular complexity index is 966. The van der Waals surface area contributed by atoms with E-state index in [1.54, 1.807) is 18.2 Å². The summed E-state index contributed by atoms with van der Waals surface area (Å²) in [7, 11) is 0. The molecule has 0 saturated carbocycles. The molecule has 28 heavy (non-hydrogen) atoms. The summed E-state index contributed by atoms with van der Waals surface area (Å²) in [4.78, 5) is 16.6. The molecule has 6 heteroatoms. The molecule has 0 radical (unpaired) electrons. The molecule has 0 unspecified atom stereocenters. The maximum absolute atomic E-state index is 12.8. The molecule has 0 N–H and O–H groups in total. The quantitative estimate of drug-likeness (QED) is 0.279. The Labute approximate surface area is 161 Å². The topological polar surface area (TPSA) is 39.2 Å². The van der Waals surface area contributed by atoms with Crippen molar-refractivity contribution in [1.29, 1.82) is 0 Å². The lowest BCUT2D eigenvalue weighted by molar-refractivity contribution is -0.137. The van der Waals surface area contributed by atoms with Gasteiger partial charge in [0.15, 0.2) is 5.75 Å². The average Bonchev–Trinajstić information content (AvgIpc) is 2.67. The third kappa shape index (κ3) is 4.68. The number of para-hydroxylation sites is 1. The lowest BCUT2D eigenvalue weighted by Gasteiger charge is -2.10. The van der Waals surface area contributed by atoms with Gasteiger partial charge in [0.2, 0.25) is 0 Å². The Morgan fingerprint density at radius 3 is 2.43 bits per heavy atom.